The van der Waals surface area contributed by atoms with Crippen LogP contribution in [0.15, 0.2) is 0 Å². The van der Waals surface area contributed by atoms with Gasteiger partial charge in [0.2, 0.25) is 0 Å². The Bertz CT molecular complexity index is 517. The number of hydrogen-bond donors (Lipinski definition) is 2. The van der Waals surface area contributed by atoms with E-state index in [0.29, 0.717) is 42.3 Å². The molecule has 0 aromatic carbocycles. The summed E-state index contributed by atoms with van der Waals surface area (Å²) < 4.78 is 0. The molecule has 4 saturated carbocycles. The van der Waals surface area contributed by atoms with Gasteiger partial charge in [-0.1, -0.05) is 20.8 Å². The second-order valence-electron chi connectivity index (χ2n) is 9.64. The van der Waals surface area contributed by atoms with Crippen LogP contribution < -0.4 is 0 Å². The SMILES string of the molecule is C[C@H]1CC(=O)C[C@@H]2[C@@H](O)C[C@H]3[C@@H]4CC[C@H](O)[C@@]4(C)CC[C@@H]3[C@]21C. The highest BCUT2D eigenvalue weighted by molar-refractivity contribution is 5.80. The molecule has 4 fully saturated rings. The van der Waals surface area contributed by atoms with E-state index in [1.807, 2.05) is 0 Å². The molecular weight excluding hydrogens is 288 g/mol. The molecule has 0 aromatic rings. The molecule has 4 aliphatic rings. The van der Waals surface area contributed by atoms with Gasteiger partial charge in [0.05, 0.1) is 12.2 Å². The number of carbonyl (C=O) groups is 1. The van der Waals surface area contributed by atoms with E-state index in [2.05, 4.69) is 20.8 Å². The maximum atomic E-state index is 12.1. The van der Waals surface area contributed by atoms with Gasteiger partial charge >= 0.3 is 0 Å². The van der Waals surface area contributed by atoms with Crippen molar-refractivity contribution >= 4 is 5.78 Å². The van der Waals surface area contributed by atoms with Gasteiger partial charge < -0.3 is 10.2 Å². The zero-order valence-electron chi connectivity index (χ0n) is 14.8. The first kappa shape index (κ1) is 16.1. The number of hydrogen-bond acceptors (Lipinski definition) is 3. The Kier molecular flexibility index (Phi) is 3.53. The second-order valence-corrected chi connectivity index (χ2v) is 9.64. The summed E-state index contributed by atoms with van der Waals surface area (Å²) in [6.07, 6.45) is 5.91. The van der Waals surface area contributed by atoms with Crippen LogP contribution in [0, 0.1) is 40.4 Å². The Balaban J connectivity index is 1.71. The Labute approximate surface area is 139 Å². The van der Waals surface area contributed by atoms with E-state index in [1.54, 1.807) is 0 Å². The lowest BCUT2D eigenvalue weighted by atomic mass is 9.42. The molecule has 3 nitrogen and oxygen atoms in total. The lowest BCUT2D eigenvalue weighted by Crippen LogP contribution is -2.60. The van der Waals surface area contributed by atoms with Crippen LogP contribution in [-0.4, -0.2) is 28.2 Å². The number of carbonyl (C=O) groups excluding carboxylic acids is 1. The molecule has 0 radical (unpaired) electrons. The zero-order valence-corrected chi connectivity index (χ0v) is 14.8. The highest BCUT2D eigenvalue weighted by Crippen LogP contribution is 2.66. The van der Waals surface area contributed by atoms with Crippen molar-refractivity contribution in [3.8, 4) is 0 Å². The van der Waals surface area contributed by atoms with Crippen LogP contribution in [0.5, 0.6) is 0 Å². The van der Waals surface area contributed by atoms with Crippen molar-refractivity contribution in [3.05, 3.63) is 0 Å². The number of aliphatic hydroxyl groups is 2. The molecule has 3 heteroatoms. The van der Waals surface area contributed by atoms with E-state index in [4.69, 9.17) is 0 Å². The van der Waals surface area contributed by atoms with Crippen LogP contribution in [0.2, 0.25) is 0 Å². The molecule has 0 unspecified atom stereocenters. The van der Waals surface area contributed by atoms with Crippen LogP contribution in [0.1, 0.15) is 65.7 Å². The van der Waals surface area contributed by atoms with E-state index >= 15 is 0 Å². The quantitative estimate of drug-likeness (QED) is 0.721. The monoisotopic (exact) mass is 320 g/mol. The molecule has 2 N–H and O–H groups in total. The normalized spacial score (nSPS) is 59.2. The number of rotatable bonds is 0. The first-order valence-electron chi connectivity index (χ1n) is 9.66. The maximum Gasteiger partial charge on any atom is 0.133 e. The highest BCUT2D eigenvalue weighted by Gasteiger charge is 2.63. The number of fused-ring (bicyclic) bond motifs is 5. The standard InChI is InChI=1S/C20H32O3/c1-11-8-12(21)9-16-17(22)10-13-14-4-5-18(23)19(14,2)7-6-15(13)20(11,16)3/h11,13-18,22-23H,4-10H2,1-3H3/t11-,13-,14-,15-,16+,17-,18-,19-,20+/m0/s1. The van der Waals surface area contributed by atoms with Crippen molar-refractivity contribution < 1.29 is 15.0 Å². The predicted octanol–water partition coefficient (Wildman–Crippen LogP) is 3.18. The molecular formula is C20H32O3. The van der Waals surface area contributed by atoms with Crippen LogP contribution in [-0.2, 0) is 4.79 Å². The van der Waals surface area contributed by atoms with Crippen molar-refractivity contribution in [2.24, 2.45) is 40.4 Å². The minimum absolute atomic E-state index is 0.0534. The van der Waals surface area contributed by atoms with E-state index in [-0.39, 0.29) is 29.0 Å². The molecule has 0 heterocycles. The predicted molar refractivity (Wildman–Crippen MR) is 88.7 cm³/mol. The second kappa shape index (κ2) is 5.05. The molecule has 0 bridgehead atoms. The van der Waals surface area contributed by atoms with Crippen molar-refractivity contribution in [1.29, 1.82) is 0 Å². The Morgan fingerprint density at radius 2 is 1.74 bits per heavy atom. The lowest BCUT2D eigenvalue weighted by molar-refractivity contribution is -0.183. The summed E-state index contributed by atoms with van der Waals surface area (Å²) in [6, 6.07) is 0. The third-order valence-electron chi connectivity index (χ3n) is 9.01. The fourth-order valence-electron chi connectivity index (χ4n) is 7.47. The molecule has 0 aromatic heterocycles. The fraction of sp³-hybridized carbons (Fsp3) is 0.950. The number of ketones is 1. The highest BCUT2D eigenvalue weighted by atomic mass is 16.3. The van der Waals surface area contributed by atoms with E-state index < -0.39 is 0 Å². The number of Topliss-reactive ketones (excluding diaryl/α,β-unsaturated/α-hetero) is 1. The van der Waals surface area contributed by atoms with Crippen molar-refractivity contribution in [3.63, 3.8) is 0 Å². The van der Waals surface area contributed by atoms with Crippen LogP contribution >= 0.6 is 0 Å². The van der Waals surface area contributed by atoms with Gasteiger partial charge in [-0.15, -0.1) is 0 Å². The first-order valence-corrected chi connectivity index (χ1v) is 9.66. The van der Waals surface area contributed by atoms with Crippen molar-refractivity contribution in [1.82, 2.24) is 0 Å². The van der Waals surface area contributed by atoms with Gasteiger partial charge in [-0.2, -0.15) is 0 Å². The average molecular weight is 320 g/mol. The van der Waals surface area contributed by atoms with Crippen LogP contribution in [0.3, 0.4) is 0 Å². The van der Waals surface area contributed by atoms with Gasteiger partial charge in [0, 0.05) is 12.8 Å². The van der Waals surface area contributed by atoms with Gasteiger partial charge in [-0.25, -0.2) is 0 Å². The third kappa shape index (κ3) is 1.99. The smallest absolute Gasteiger partial charge is 0.133 e. The zero-order chi connectivity index (χ0) is 16.6. The minimum atomic E-state index is -0.340. The van der Waals surface area contributed by atoms with Gasteiger partial charge in [0.1, 0.15) is 5.78 Å². The summed E-state index contributed by atoms with van der Waals surface area (Å²) in [6.45, 7) is 6.87. The molecule has 0 aliphatic heterocycles. The molecule has 0 amide bonds. The van der Waals surface area contributed by atoms with Crippen molar-refractivity contribution in [2.45, 2.75) is 77.9 Å². The molecule has 23 heavy (non-hydrogen) atoms. The summed E-state index contributed by atoms with van der Waals surface area (Å²) >= 11 is 0. The van der Waals surface area contributed by atoms with Gasteiger partial charge in [-0.3, -0.25) is 4.79 Å². The van der Waals surface area contributed by atoms with Gasteiger partial charge in [-0.05, 0) is 72.5 Å². The summed E-state index contributed by atoms with van der Waals surface area (Å²) in [4.78, 5) is 12.1. The Hall–Kier alpha value is -0.410. The van der Waals surface area contributed by atoms with E-state index in [9.17, 15) is 15.0 Å². The van der Waals surface area contributed by atoms with Crippen LogP contribution in [0.4, 0.5) is 0 Å². The Morgan fingerprint density at radius 1 is 1.00 bits per heavy atom. The summed E-state index contributed by atoms with van der Waals surface area (Å²) in [7, 11) is 0. The third-order valence-corrected chi connectivity index (χ3v) is 9.01. The van der Waals surface area contributed by atoms with Crippen LogP contribution in [0.25, 0.3) is 0 Å². The summed E-state index contributed by atoms with van der Waals surface area (Å²) in [5.74, 6) is 2.55. The lowest BCUT2D eigenvalue weighted by Gasteiger charge is -2.63. The Morgan fingerprint density at radius 3 is 2.48 bits per heavy atom. The fourth-order valence-corrected chi connectivity index (χ4v) is 7.47. The minimum Gasteiger partial charge on any atom is -0.393 e. The molecule has 0 saturated heterocycles. The topological polar surface area (TPSA) is 57.5 Å². The summed E-state index contributed by atoms with van der Waals surface area (Å²) in [5.41, 5.74) is 0.142. The number of aliphatic hydroxyl groups excluding tert-OH is 2. The maximum absolute atomic E-state index is 12.1. The average Bonchev–Trinajstić information content (AvgIpc) is 2.78. The van der Waals surface area contributed by atoms with Gasteiger partial charge in [0.25, 0.3) is 0 Å². The largest absolute Gasteiger partial charge is 0.393 e. The van der Waals surface area contributed by atoms with E-state index in [1.165, 1.54) is 0 Å². The molecule has 4 aliphatic carbocycles. The van der Waals surface area contributed by atoms with Crippen molar-refractivity contribution in [2.75, 3.05) is 0 Å². The molecule has 9 atom stereocenters. The van der Waals surface area contributed by atoms with E-state index in [0.717, 1.165) is 32.1 Å². The first-order chi connectivity index (χ1) is 10.8. The van der Waals surface area contributed by atoms with Gasteiger partial charge in [0.15, 0.2) is 0 Å². The molecule has 0 spiro atoms. The summed E-state index contributed by atoms with van der Waals surface area (Å²) in [5, 5.41) is 21.4. The molecule has 130 valence electrons. The molecule has 4 rings (SSSR count).